The highest BCUT2D eigenvalue weighted by atomic mass is 16.2. The Balaban J connectivity index is 1.18. The second-order valence-corrected chi connectivity index (χ2v) is 8.38. The van der Waals surface area contributed by atoms with Gasteiger partial charge in [-0.2, -0.15) is 5.10 Å². The molecule has 0 atom stereocenters. The van der Waals surface area contributed by atoms with E-state index in [0.717, 1.165) is 16.8 Å². The van der Waals surface area contributed by atoms with Crippen molar-refractivity contribution in [3.63, 3.8) is 0 Å². The van der Waals surface area contributed by atoms with Gasteiger partial charge in [0.2, 0.25) is 0 Å². The van der Waals surface area contributed by atoms with Crippen molar-refractivity contribution in [3.8, 4) is 5.69 Å². The second-order valence-electron chi connectivity index (χ2n) is 8.38. The molecule has 3 amide bonds. The first-order valence-electron chi connectivity index (χ1n) is 11.5. The molecule has 5 rings (SSSR count). The molecule has 35 heavy (non-hydrogen) atoms. The van der Waals surface area contributed by atoms with E-state index in [1.54, 1.807) is 23.0 Å². The van der Waals surface area contributed by atoms with E-state index < -0.39 is 0 Å². The molecule has 1 aliphatic heterocycles. The molecule has 7 heteroatoms. The van der Waals surface area contributed by atoms with Gasteiger partial charge < -0.3 is 5.32 Å². The van der Waals surface area contributed by atoms with E-state index in [-0.39, 0.29) is 23.3 Å². The Morgan fingerprint density at radius 3 is 2.29 bits per heavy atom. The summed E-state index contributed by atoms with van der Waals surface area (Å²) >= 11 is 0. The van der Waals surface area contributed by atoms with E-state index in [9.17, 15) is 14.4 Å². The van der Waals surface area contributed by atoms with Crippen LogP contribution in [0.25, 0.3) is 5.69 Å². The Kier molecular flexibility index (Phi) is 6.22. The zero-order valence-corrected chi connectivity index (χ0v) is 19.1. The van der Waals surface area contributed by atoms with Gasteiger partial charge >= 0.3 is 0 Å². The zero-order chi connectivity index (χ0) is 24.2. The summed E-state index contributed by atoms with van der Waals surface area (Å²) in [7, 11) is 0. The lowest BCUT2D eigenvalue weighted by atomic mass is 10.1. The highest BCUT2D eigenvalue weighted by Crippen LogP contribution is 2.24. The molecule has 1 aliphatic rings. The molecule has 0 bridgehead atoms. The van der Waals surface area contributed by atoms with Gasteiger partial charge in [0.25, 0.3) is 17.7 Å². The lowest BCUT2D eigenvalue weighted by molar-refractivity contribution is 0.0656. The molecule has 0 saturated heterocycles. The number of amides is 3. The van der Waals surface area contributed by atoms with Crippen LogP contribution < -0.4 is 5.32 Å². The normalized spacial score (nSPS) is 12.6. The molecule has 7 nitrogen and oxygen atoms in total. The standard InChI is InChI=1S/C28H24N4O3/c33-26(29-16-13-21-7-10-23(11-8-21)32-17-4-15-30-32)22-9-12-24-25(19-22)28(35)31(27(24)34)18-14-20-5-2-1-3-6-20/h1-12,15,17,19H,13-14,16,18H2,(H,29,33). The van der Waals surface area contributed by atoms with E-state index in [1.165, 1.54) is 11.0 Å². The maximum atomic E-state index is 12.9. The van der Waals surface area contributed by atoms with E-state index in [4.69, 9.17) is 0 Å². The number of fused-ring (bicyclic) bond motifs is 1. The molecule has 0 spiro atoms. The highest BCUT2D eigenvalue weighted by molar-refractivity contribution is 6.22. The Bertz CT molecular complexity index is 1360. The summed E-state index contributed by atoms with van der Waals surface area (Å²) in [6.07, 6.45) is 4.87. The Morgan fingerprint density at radius 2 is 1.54 bits per heavy atom. The minimum absolute atomic E-state index is 0.274. The van der Waals surface area contributed by atoms with Crippen molar-refractivity contribution in [3.05, 3.63) is 119 Å². The third kappa shape index (κ3) is 4.75. The van der Waals surface area contributed by atoms with Gasteiger partial charge in [-0.3, -0.25) is 19.3 Å². The smallest absolute Gasteiger partial charge is 0.261 e. The van der Waals surface area contributed by atoms with Crippen molar-refractivity contribution in [2.75, 3.05) is 13.1 Å². The summed E-state index contributed by atoms with van der Waals surface area (Å²) in [6.45, 7) is 0.754. The summed E-state index contributed by atoms with van der Waals surface area (Å²) < 4.78 is 1.79. The van der Waals surface area contributed by atoms with Crippen molar-refractivity contribution in [2.45, 2.75) is 12.8 Å². The number of aromatic nitrogens is 2. The molecule has 1 N–H and O–H groups in total. The van der Waals surface area contributed by atoms with Gasteiger partial charge in [-0.05, 0) is 60.4 Å². The molecule has 0 aliphatic carbocycles. The Labute approximate surface area is 203 Å². The number of imide groups is 1. The van der Waals surface area contributed by atoms with Crippen LogP contribution in [0.1, 0.15) is 42.2 Å². The van der Waals surface area contributed by atoms with Crippen molar-refractivity contribution in [2.24, 2.45) is 0 Å². The largest absolute Gasteiger partial charge is 0.352 e. The van der Waals surface area contributed by atoms with Crippen LogP contribution in [0.3, 0.4) is 0 Å². The van der Waals surface area contributed by atoms with Gasteiger partial charge in [0.1, 0.15) is 0 Å². The zero-order valence-electron chi connectivity index (χ0n) is 19.1. The predicted molar refractivity (Wildman–Crippen MR) is 132 cm³/mol. The lowest BCUT2D eigenvalue weighted by Crippen LogP contribution is -2.31. The first-order valence-corrected chi connectivity index (χ1v) is 11.5. The monoisotopic (exact) mass is 464 g/mol. The molecule has 0 fully saturated rings. The molecule has 0 unspecified atom stereocenters. The summed E-state index contributed by atoms with van der Waals surface area (Å²) in [4.78, 5) is 39.6. The first-order chi connectivity index (χ1) is 17.1. The van der Waals surface area contributed by atoms with Gasteiger partial charge in [-0.25, -0.2) is 4.68 Å². The maximum absolute atomic E-state index is 12.9. The Hall–Kier alpha value is -4.52. The van der Waals surface area contributed by atoms with Crippen molar-refractivity contribution in [1.82, 2.24) is 20.0 Å². The van der Waals surface area contributed by atoms with Gasteiger partial charge in [-0.1, -0.05) is 42.5 Å². The van der Waals surface area contributed by atoms with Gasteiger partial charge in [0, 0.05) is 31.0 Å². The lowest BCUT2D eigenvalue weighted by Gasteiger charge is -2.13. The number of hydrogen-bond acceptors (Lipinski definition) is 4. The van der Waals surface area contributed by atoms with Gasteiger partial charge in [-0.15, -0.1) is 0 Å². The van der Waals surface area contributed by atoms with E-state index >= 15 is 0 Å². The number of benzene rings is 3. The van der Waals surface area contributed by atoms with Crippen LogP contribution in [0.15, 0.2) is 91.3 Å². The predicted octanol–water partition coefficient (Wildman–Crippen LogP) is 3.68. The molecular weight excluding hydrogens is 440 g/mol. The number of carbonyl (C=O) groups excluding carboxylic acids is 3. The molecule has 174 valence electrons. The summed E-state index contributed by atoms with van der Waals surface area (Å²) in [5.41, 5.74) is 4.11. The Morgan fingerprint density at radius 1 is 0.800 bits per heavy atom. The van der Waals surface area contributed by atoms with Crippen LogP contribution >= 0.6 is 0 Å². The number of carbonyl (C=O) groups is 3. The molecule has 4 aromatic rings. The molecule has 3 aromatic carbocycles. The average Bonchev–Trinajstić information content (AvgIpc) is 3.51. The summed E-state index contributed by atoms with van der Waals surface area (Å²) in [5, 5.41) is 7.11. The molecule has 1 aromatic heterocycles. The molecular formula is C28H24N4O3. The van der Waals surface area contributed by atoms with Crippen LogP contribution in [-0.2, 0) is 12.8 Å². The summed E-state index contributed by atoms with van der Waals surface area (Å²) in [5.74, 6) is -0.941. The van der Waals surface area contributed by atoms with E-state index in [2.05, 4.69) is 10.4 Å². The fourth-order valence-corrected chi connectivity index (χ4v) is 4.18. The van der Waals surface area contributed by atoms with Crippen molar-refractivity contribution >= 4 is 17.7 Å². The number of rotatable bonds is 8. The van der Waals surface area contributed by atoms with Crippen LogP contribution in [0.5, 0.6) is 0 Å². The fraction of sp³-hybridized carbons (Fsp3) is 0.143. The highest BCUT2D eigenvalue weighted by Gasteiger charge is 2.35. The van der Waals surface area contributed by atoms with Crippen molar-refractivity contribution < 1.29 is 14.4 Å². The topological polar surface area (TPSA) is 84.3 Å². The van der Waals surface area contributed by atoms with Crippen LogP contribution in [-0.4, -0.2) is 45.5 Å². The van der Waals surface area contributed by atoms with Gasteiger partial charge in [0.05, 0.1) is 16.8 Å². The fourth-order valence-electron chi connectivity index (χ4n) is 4.18. The van der Waals surface area contributed by atoms with E-state index in [0.29, 0.717) is 37.1 Å². The molecule has 0 radical (unpaired) electrons. The number of hydrogen-bond donors (Lipinski definition) is 1. The third-order valence-electron chi connectivity index (χ3n) is 6.10. The first kappa shape index (κ1) is 22.3. The van der Waals surface area contributed by atoms with Gasteiger partial charge in [0.15, 0.2) is 0 Å². The minimum atomic E-state index is -0.354. The quantitative estimate of drug-likeness (QED) is 0.403. The van der Waals surface area contributed by atoms with Crippen LogP contribution in [0.2, 0.25) is 0 Å². The molecule has 2 heterocycles. The SMILES string of the molecule is O=C(NCCc1ccc(-n2cccn2)cc1)c1ccc2c(c1)C(=O)N(CCc1ccccc1)C2=O. The average molecular weight is 465 g/mol. The maximum Gasteiger partial charge on any atom is 0.261 e. The minimum Gasteiger partial charge on any atom is -0.352 e. The van der Waals surface area contributed by atoms with Crippen LogP contribution in [0.4, 0.5) is 0 Å². The second kappa shape index (κ2) is 9.77. The van der Waals surface area contributed by atoms with E-state index in [1.807, 2.05) is 66.9 Å². The molecule has 0 saturated carbocycles. The number of nitrogens with one attached hydrogen (secondary N) is 1. The number of nitrogens with zero attached hydrogens (tertiary/aromatic N) is 3. The van der Waals surface area contributed by atoms with Crippen LogP contribution in [0, 0.1) is 0 Å². The third-order valence-corrected chi connectivity index (χ3v) is 6.10. The summed E-state index contributed by atoms with van der Waals surface area (Å²) in [6, 6.07) is 24.3. The van der Waals surface area contributed by atoms with Crippen molar-refractivity contribution in [1.29, 1.82) is 0 Å².